The van der Waals surface area contributed by atoms with E-state index in [-0.39, 0.29) is 17.4 Å². The van der Waals surface area contributed by atoms with Gasteiger partial charge in [-0.15, -0.1) is 0 Å². The Labute approximate surface area is 199 Å². The van der Waals surface area contributed by atoms with Crippen LogP contribution < -0.4 is 5.49 Å². The van der Waals surface area contributed by atoms with Gasteiger partial charge in [0.25, 0.3) is 5.91 Å². The number of rotatable bonds is 6. The molecule has 0 bridgehead atoms. The van der Waals surface area contributed by atoms with Crippen LogP contribution in [0.5, 0.6) is 0 Å². The third-order valence-corrected chi connectivity index (χ3v) is 6.53. The van der Waals surface area contributed by atoms with E-state index >= 15 is 0 Å². The minimum Gasteiger partial charge on any atom is -0.390 e. The Balaban J connectivity index is 2.14. The lowest BCUT2D eigenvalue weighted by atomic mass is 9.85. The van der Waals surface area contributed by atoms with Gasteiger partial charge in [0.1, 0.15) is 0 Å². The summed E-state index contributed by atoms with van der Waals surface area (Å²) in [6, 6.07) is 3.20. The van der Waals surface area contributed by atoms with Crippen molar-refractivity contribution in [2.45, 2.75) is 90.5 Å². The SMILES string of the molecule is Cn1cc(C(C)(C)C)c(=NC(=O)c2cc(C(F)(F)F)ccc2CCC(C)(C)O)n1CC1CCC1. The lowest BCUT2D eigenvalue weighted by Crippen LogP contribution is -2.33. The molecule has 188 valence electrons. The summed E-state index contributed by atoms with van der Waals surface area (Å²) in [6.45, 7) is 10.1. The van der Waals surface area contributed by atoms with Crippen molar-refractivity contribution in [3.8, 4) is 0 Å². The average molecular weight is 480 g/mol. The van der Waals surface area contributed by atoms with Crippen LogP contribution in [0.1, 0.15) is 87.4 Å². The predicted molar refractivity (Wildman–Crippen MR) is 125 cm³/mol. The first-order chi connectivity index (χ1) is 15.6. The number of carbonyl (C=O) groups excluding carboxylic acids is 1. The second-order valence-electron chi connectivity index (χ2n) is 11.2. The predicted octanol–water partition coefficient (Wildman–Crippen LogP) is 5.39. The van der Waals surface area contributed by atoms with Crippen LogP contribution >= 0.6 is 0 Å². The first-order valence-corrected chi connectivity index (χ1v) is 11.8. The Bertz CT molecular complexity index is 1110. The summed E-state index contributed by atoms with van der Waals surface area (Å²) in [5.74, 6) is -0.192. The molecule has 0 spiro atoms. The van der Waals surface area contributed by atoms with Crippen molar-refractivity contribution in [1.29, 1.82) is 0 Å². The number of hydrogen-bond acceptors (Lipinski definition) is 2. The van der Waals surface area contributed by atoms with Crippen molar-refractivity contribution in [1.82, 2.24) is 9.36 Å². The molecule has 0 saturated heterocycles. The van der Waals surface area contributed by atoms with Gasteiger partial charge in [-0.1, -0.05) is 33.3 Å². The van der Waals surface area contributed by atoms with E-state index in [1.54, 1.807) is 13.8 Å². The minimum absolute atomic E-state index is 0.0713. The molecule has 8 heteroatoms. The summed E-state index contributed by atoms with van der Waals surface area (Å²) < 4.78 is 44.2. The van der Waals surface area contributed by atoms with Crippen LogP contribution in [0.25, 0.3) is 0 Å². The van der Waals surface area contributed by atoms with Gasteiger partial charge in [-0.05, 0) is 68.6 Å². The number of benzene rings is 1. The molecule has 1 N–H and O–H groups in total. The molecule has 0 unspecified atom stereocenters. The van der Waals surface area contributed by atoms with Crippen LogP contribution in [0.2, 0.25) is 0 Å². The van der Waals surface area contributed by atoms with Gasteiger partial charge in [0, 0.05) is 30.9 Å². The van der Waals surface area contributed by atoms with Gasteiger partial charge in [0.05, 0.1) is 11.2 Å². The third kappa shape index (κ3) is 6.20. The number of aryl methyl sites for hydroxylation is 2. The summed E-state index contributed by atoms with van der Waals surface area (Å²) in [7, 11) is 1.90. The van der Waals surface area contributed by atoms with Crippen LogP contribution in [0.15, 0.2) is 29.4 Å². The van der Waals surface area contributed by atoms with Gasteiger partial charge in [-0.2, -0.15) is 18.2 Å². The number of halogens is 3. The molecule has 1 aromatic carbocycles. The van der Waals surface area contributed by atoms with Crippen LogP contribution in [0.4, 0.5) is 13.2 Å². The second kappa shape index (κ2) is 9.36. The number of amides is 1. The number of hydrogen-bond donors (Lipinski definition) is 1. The van der Waals surface area contributed by atoms with Crippen LogP contribution in [-0.2, 0) is 31.6 Å². The molecule has 1 aliphatic carbocycles. The largest absolute Gasteiger partial charge is 0.416 e. The molecule has 3 rings (SSSR count). The third-order valence-electron chi connectivity index (χ3n) is 6.53. The first-order valence-electron chi connectivity index (χ1n) is 11.8. The summed E-state index contributed by atoms with van der Waals surface area (Å²) in [5, 5.41) is 10.1. The lowest BCUT2D eigenvalue weighted by Gasteiger charge is -2.26. The molecule has 1 aliphatic rings. The Morgan fingerprint density at radius 3 is 2.29 bits per heavy atom. The molecular formula is C26H36F3N3O2. The highest BCUT2D eigenvalue weighted by molar-refractivity contribution is 5.96. The van der Waals surface area contributed by atoms with Crippen molar-refractivity contribution in [2.75, 3.05) is 0 Å². The van der Waals surface area contributed by atoms with Gasteiger partial charge in [0.15, 0.2) is 5.49 Å². The zero-order valence-electron chi connectivity index (χ0n) is 21.0. The maximum atomic E-state index is 13.5. The Morgan fingerprint density at radius 1 is 1.15 bits per heavy atom. The normalized spacial score (nSPS) is 16.1. The molecule has 1 amide bonds. The van der Waals surface area contributed by atoms with Crippen LogP contribution in [-0.4, -0.2) is 26.0 Å². The van der Waals surface area contributed by atoms with E-state index in [4.69, 9.17) is 0 Å². The second-order valence-corrected chi connectivity index (χ2v) is 11.2. The van der Waals surface area contributed by atoms with E-state index in [0.717, 1.165) is 30.5 Å². The molecule has 0 radical (unpaired) electrons. The molecule has 34 heavy (non-hydrogen) atoms. The van der Waals surface area contributed by atoms with Crippen molar-refractivity contribution in [2.24, 2.45) is 18.0 Å². The van der Waals surface area contributed by atoms with Gasteiger partial charge in [-0.25, -0.2) is 0 Å². The van der Waals surface area contributed by atoms with E-state index in [0.29, 0.717) is 29.9 Å². The molecule has 1 heterocycles. The summed E-state index contributed by atoms with van der Waals surface area (Å²) in [6.07, 6.45) is 1.36. The van der Waals surface area contributed by atoms with Crippen LogP contribution in [0, 0.1) is 5.92 Å². The molecular weight excluding hydrogens is 443 g/mol. The van der Waals surface area contributed by atoms with E-state index in [2.05, 4.69) is 4.99 Å². The quantitative estimate of drug-likeness (QED) is 0.604. The number of aliphatic hydroxyl groups is 1. The molecule has 1 fully saturated rings. The number of aromatic nitrogens is 2. The summed E-state index contributed by atoms with van der Waals surface area (Å²) in [4.78, 5) is 17.9. The fourth-order valence-corrected chi connectivity index (χ4v) is 4.15. The first kappa shape index (κ1) is 26.3. The van der Waals surface area contributed by atoms with Crippen molar-refractivity contribution < 1.29 is 23.1 Å². The van der Waals surface area contributed by atoms with E-state index in [9.17, 15) is 23.1 Å². The lowest BCUT2D eigenvalue weighted by molar-refractivity contribution is -0.137. The van der Waals surface area contributed by atoms with Gasteiger partial charge in [-0.3, -0.25) is 14.2 Å². The van der Waals surface area contributed by atoms with E-state index < -0.39 is 23.2 Å². The topological polar surface area (TPSA) is 59.5 Å². The highest BCUT2D eigenvalue weighted by Gasteiger charge is 2.32. The van der Waals surface area contributed by atoms with Crippen LogP contribution in [0.3, 0.4) is 0 Å². The monoisotopic (exact) mass is 479 g/mol. The molecule has 1 saturated carbocycles. The zero-order valence-corrected chi connectivity index (χ0v) is 21.0. The Kier molecular flexibility index (Phi) is 7.23. The fourth-order valence-electron chi connectivity index (χ4n) is 4.15. The Hall–Kier alpha value is -2.35. The molecule has 1 aromatic heterocycles. The number of carbonyl (C=O) groups is 1. The fraction of sp³-hybridized carbons (Fsp3) is 0.615. The minimum atomic E-state index is -4.57. The van der Waals surface area contributed by atoms with Gasteiger partial charge < -0.3 is 5.11 Å². The molecule has 0 atom stereocenters. The number of alkyl halides is 3. The Morgan fingerprint density at radius 2 is 1.79 bits per heavy atom. The highest BCUT2D eigenvalue weighted by atomic mass is 19.4. The zero-order chi connectivity index (χ0) is 25.5. The average Bonchev–Trinajstić information content (AvgIpc) is 2.97. The standard InChI is InChI=1S/C26H36F3N3O2/c1-24(2,3)21-16-31(6)32(15-17-8-7-9-17)22(21)30-23(33)20-14-19(26(27,28)29)11-10-18(20)12-13-25(4,5)34/h10-11,14,16-17,34H,7-9,12-13,15H2,1-6H3. The van der Waals surface area contributed by atoms with Crippen molar-refractivity contribution >= 4 is 5.91 Å². The molecule has 0 aliphatic heterocycles. The summed E-state index contributed by atoms with van der Waals surface area (Å²) >= 11 is 0. The van der Waals surface area contributed by atoms with Crippen molar-refractivity contribution in [3.05, 3.63) is 52.1 Å². The van der Waals surface area contributed by atoms with Crippen molar-refractivity contribution in [3.63, 3.8) is 0 Å². The summed E-state index contributed by atoms with van der Waals surface area (Å²) in [5.41, 5.74) is -0.458. The maximum Gasteiger partial charge on any atom is 0.416 e. The molecule has 5 nitrogen and oxygen atoms in total. The van der Waals surface area contributed by atoms with E-state index in [1.807, 2.05) is 43.4 Å². The maximum absolute atomic E-state index is 13.5. The molecule has 2 aromatic rings. The highest BCUT2D eigenvalue weighted by Crippen LogP contribution is 2.32. The van der Waals surface area contributed by atoms with E-state index in [1.165, 1.54) is 12.5 Å². The van der Waals surface area contributed by atoms with Gasteiger partial charge in [0.2, 0.25) is 0 Å². The smallest absolute Gasteiger partial charge is 0.390 e. The van der Waals surface area contributed by atoms with Gasteiger partial charge >= 0.3 is 6.18 Å². The number of nitrogens with zero attached hydrogens (tertiary/aromatic N) is 3.